The Hall–Kier alpha value is -1.55. The molecule has 20 heavy (non-hydrogen) atoms. The van der Waals surface area contributed by atoms with Gasteiger partial charge in [0.05, 0.1) is 0 Å². The van der Waals surface area contributed by atoms with Gasteiger partial charge in [0.15, 0.2) is 5.60 Å². The van der Waals surface area contributed by atoms with Gasteiger partial charge < -0.3 is 14.6 Å². The molecule has 0 heterocycles. The summed E-state index contributed by atoms with van der Waals surface area (Å²) in [7, 11) is 0. The van der Waals surface area contributed by atoms with Gasteiger partial charge in [-0.05, 0) is 58.7 Å². The molecule has 4 nitrogen and oxygen atoms in total. The number of aliphatic hydroxyl groups excluding tert-OH is 1. The van der Waals surface area contributed by atoms with Gasteiger partial charge >= 0.3 is 5.97 Å². The average molecular weight is 280 g/mol. The maximum absolute atomic E-state index is 12.1. The number of hydrogen-bond donors (Lipinski definition) is 1. The fraction of sp³-hybridized carbons (Fsp3) is 0.562. The molecule has 0 bridgehead atoms. The van der Waals surface area contributed by atoms with Gasteiger partial charge in [0.25, 0.3) is 0 Å². The smallest absolute Gasteiger partial charge is 0.350 e. The van der Waals surface area contributed by atoms with E-state index in [1.54, 1.807) is 26.0 Å². The van der Waals surface area contributed by atoms with Crippen molar-refractivity contribution in [3.05, 3.63) is 29.8 Å². The maximum atomic E-state index is 12.1. The minimum Gasteiger partial charge on any atom is -0.476 e. The third kappa shape index (κ3) is 5.21. The normalized spacial score (nSPS) is 12.1. The minimum atomic E-state index is -1.05. The van der Waals surface area contributed by atoms with Crippen LogP contribution >= 0.6 is 0 Å². The van der Waals surface area contributed by atoms with E-state index in [9.17, 15) is 4.79 Å². The lowest BCUT2D eigenvalue weighted by Crippen LogP contribution is -2.43. The van der Waals surface area contributed by atoms with E-state index in [1.165, 1.54) is 0 Å². The molecule has 0 spiro atoms. The van der Waals surface area contributed by atoms with E-state index in [0.717, 1.165) is 5.56 Å². The van der Waals surface area contributed by atoms with Crippen molar-refractivity contribution in [3.63, 3.8) is 0 Å². The van der Waals surface area contributed by atoms with Crippen molar-refractivity contribution in [1.29, 1.82) is 0 Å². The zero-order valence-electron chi connectivity index (χ0n) is 12.9. The molecule has 0 saturated carbocycles. The van der Waals surface area contributed by atoms with Crippen LogP contribution in [-0.2, 0) is 16.0 Å². The Balaban J connectivity index is 2.72. The number of carbonyl (C=O) groups excluding carboxylic acids is 1. The summed E-state index contributed by atoms with van der Waals surface area (Å²) in [5.74, 6) is 0.201. The van der Waals surface area contributed by atoms with Crippen molar-refractivity contribution < 1.29 is 19.4 Å². The van der Waals surface area contributed by atoms with Gasteiger partial charge in [0.1, 0.15) is 11.4 Å². The fourth-order valence-corrected chi connectivity index (χ4v) is 1.59. The number of esters is 1. The molecule has 1 rings (SSSR count). The molecular weight excluding hydrogens is 256 g/mol. The molecule has 1 aromatic rings. The van der Waals surface area contributed by atoms with Crippen LogP contribution in [0.5, 0.6) is 5.75 Å². The second-order valence-electron chi connectivity index (χ2n) is 6.23. The fourth-order valence-electron chi connectivity index (χ4n) is 1.59. The summed E-state index contributed by atoms with van der Waals surface area (Å²) < 4.78 is 11.0. The van der Waals surface area contributed by atoms with Crippen molar-refractivity contribution in [1.82, 2.24) is 0 Å². The first-order valence-electron chi connectivity index (χ1n) is 6.76. The lowest BCUT2D eigenvalue weighted by molar-refractivity contribution is -0.170. The molecule has 0 atom stereocenters. The lowest BCUT2D eigenvalue weighted by atomic mass is 10.1. The molecule has 112 valence electrons. The van der Waals surface area contributed by atoms with Crippen molar-refractivity contribution in [2.75, 3.05) is 6.61 Å². The van der Waals surface area contributed by atoms with Crippen LogP contribution in [0, 0.1) is 0 Å². The minimum absolute atomic E-state index is 0.115. The van der Waals surface area contributed by atoms with Gasteiger partial charge in [-0.1, -0.05) is 12.1 Å². The van der Waals surface area contributed by atoms with Gasteiger partial charge in [-0.2, -0.15) is 0 Å². The summed E-state index contributed by atoms with van der Waals surface area (Å²) in [6.45, 7) is 8.95. The average Bonchev–Trinajstić information content (AvgIpc) is 2.29. The predicted molar refractivity (Wildman–Crippen MR) is 77.8 cm³/mol. The van der Waals surface area contributed by atoms with Crippen molar-refractivity contribution in [2.24, 2.45) is 0 Å². The Morgan fingerprint density at radius 2 is 1.65 bits per heavy atom. The number of carbonyl (C=O) groups is 1. The van der Waals surface area contributed by atoms with E-state index in [1.807, 2.05) is 32.9 Å². The van der Waals surface area contributed by atoms with Crippen LogP contribution in [0.2, 0.25) is 0 Å². The summed E-state index contributed by atoms with van der Waals surface area (Å²) in [4.78, 5) is 12.1. The molecule has 0 aliphatic rings. The lowest BCUT2D eigenvalue weighted by Gasteiger charge is -2.29. The summed E-state index contributed by atoms with van der Waals surface area (Å²) in [5, 5.41) is 8.86. The van der Waals surface area contributed by atoms with Crippen LogP contribution in [-0.4, -0.2) is 28.9 Å². The second kappa shape index (κ2) is 6.27. The molecule has 1 N–H and O–H groups in total. The number of hydrogen-bond acceptors (Lipinski definition) is 4. The molecule has 0 unspecified atom stereocenters. The summed E-state index contributed by atoms with van der Waals surface area (Å²) >= 11 is 0. The summed E-state index contributed by atoms with van der Waals surface area (Å²) in [6.07, 6.45) is 0.607. The number of benzene rings is 1. The molecular formula is C16H24O4. The highest BCUT2D eigenvalue weighted by molar-refractivity contribution is 5.79. The first-order chi connectivity index (χ1) is 9.14. The van der Waals surface area contributed by atoms with E-state index in [-0.39, 0.29) is 6.61 Å². The summed E-state index contributed by atoms with van der Waals surface area (Å²) in [6, 6.07) is 7.32. The molecule has 0 aromatic heterocycles. The Labute approximate surface area is 120 Å². The SMILES string of the molecule is CC(C)(C)OC(=O)C(C)(C)Oc1ccc(CCO)cc1. The monoisotopic (exact) mass is 280 g/mol. The molecule has 0 radical (unpaired) electrons. The Morgan fingerprint density at radius 1 is 1.10 bits per heavy atom. The van der Waals surface area contributed by atoms with Crippen molar-refractivity contribution in [3.8, 4) is 5.75 Å². The van der Waals surface area contributed by atoms with Crippen LogP contribution in [0.25, 0.3) is 0 Å². The van der Waals surface area contributed by atoms with Crippen LogP contribution in [0.3, 0.4) is 0 Å². The quantitative estimate of drug-likeness (QED) is 0.843. The van der Waals surface area contributed by atoms with E-state index < -0.39 is 17.2 Å². The molecule has 0 amide bonds. The largest absolute Gasteiger partial charge is 0.476 e. The molecule has 0 saturated heterocycles. The summed E-state index contributed by atoms with van der Waals surface area (Å²) in [5.41, 5.74) is -0.566. The number of ether oxygens (including phenoxy) is 2. The number of aliphatic hydroxyl groups is 1. The number of rotatable bonds is 5. The molecule has 4 heteroatoms. The third-order valence-corrected chi connectivity index (χ3v) is 2.59. The van der Waals surface area contributed by atoms with E-state index in [4.69, 9.17) is 14.6 Å². The molecule has 0 fully saturated rings. The van der Waals surface area contributed by atoms with Crippen LogP contribution in [0.1, 0.15) is 40.2 Å². The van der Waals surface area contributed by atoms with Crippen molar-refractivity contribution >= 4 is 5.97 Å². The van der Waals surface area contributed by atoms with Crippen molar-refractivity contribution in [2.45, 2.75) is 52.2 Å². The standard InChI is InChI=1S/C16H24O4/c1-15(2,3)20-14(18)16(4,5)19-13-8-6-12(7-9-13)10-11-17/h6-9,17H,10-11H2,1-5H3. The zero-order chi connectivity index (χ0) is 15.4. The third-order valence-electron chi connectivity index (χ3n) is 2.59. The Bertz CT molecular complexity index is 441. The van der Waals surface area contributed by atoms with Gasteiger partial charge in [-0.25, -0.2) is 4.79 Å². The Morgan fingerprint density at radius 3 is 2.10 bits per heavy atom. The van der Waals surface area contributed by atoms with Gasteiger partial charge in [0.2, 0.25) is 0 Å². The highest BCUT2D eigenvalue weighted by Gasteiger charge is 2.34. The van der Waals surface area contributed by atoms with Gasteiger partial charge in [-0.15, -0.1) is 0 Å². The van der Waals surface area contributed by atoms with Gasteiger partial charge in [-0.3, -0.25) is 0 Å². The highest BCUT2D eigenvalue weighted by atomic mass is 16.6. The van der Waals surface area contributed by atoms with Gasteiger partial charge in [0, 0.05) is 6.61 Å². The van der Waals surface area contributed by atoms with E-state index in [0.29, 0.717) is 12.2 Å². The molecule has 0 aliphatic heterocycles. The molecule has 0 aliphatic carbocycles. The highest BCUT2D eigenvalue weighted by Crippen LogP contribution is 2.22. The Kier molecular flexibility index (Phi) is 5.17. The topological polar surface area (TPSA) is 55.8 Å². The first-order valence-corrected chi connectivity index (χ1v) is 6.76. The second-order valence-corrected chi connectivity index (χ2v) is 6.23. The zero-order valence-corrected chi connectivity index (χ0v) is 12.9. The molecule has 1 aromatic carbocycles. The maximum Gasteiger partial charge on any atom is 0.350 e. The van der Waals surface area contributed by atoms with Crippen LogP contribution in [0.15, 0.2) is 24.3 Å². The van der Waals surface area contributed by atoms with Crippen LogP contribution in [0.4, 0.5) is 0 Å². The van der Waals surface area contributed by atoms with E-state index in [2.05, 4.69) is 0 Å². The predicted octanol–water partition coefficient (Wildman–Crippen LogP) is 2.72. The van der Waals surface area contributed by atoms with Crippen LogP contribution < -0.4 is 4.74 Å². The first kappa shape index (κ1) is 16.5. The van der Waals surface area contributed by atoms with E-state index >= 15 is 0 Å².